The number of nitrogens with zero attached hydrogens (tertiary/aromatic N) is 4. The van der Waals surface area contributed by atoms with E-state index in [1.165, 1.54) is 38.0 Å². The van der Waals surface area contributed by atoms with Gasteiger partial charge in [0.25, 0.3) is 0 Å². The molecule has 9 aromatic rings. The summed E-state index contributed by atoms with van der Waals surface area (Å²) in [6.07, 6.45) is 1.97. The summed E-state index contributed by atoms with van der Waals surface area (Å²) < 4.78 is 2.33. The molecular formula is C54H47N4OPtSi-. The molecule has 0 radical (unpaired) electrons. The van der Waals surface area contributed by atoms with Crippen LogP contribution in [0.5, 0.6) is 0 Å². The van der Waals surface area contributed by atoms with Crippen molar-refractivity contribution in [3.05, 3.63) is 199 Å². The van der Waals surface area contributed by atoms with Gasteiger partial charge in [-0.3, -0.25) is 0 Å². The number of hydroxylamine groups is 1. The van der Waals surface area contributed by atoms with Gasteiger partial charge in [-0.15, -0.1) is 21.6 Å². The van der Waals surface area contributed by atoms with Crippen molar-refractivity contribution in [2.45, 2.75) is 39.5 Å². The minimum absolute atomic E-state index is 0. The molecule has 0 atom stereocenters. The topological polar surface area (TPSA) is 37.1 Å². The fourth-order valence-corrected chi connectivity index (χ4v) is 13.9. The maximum absolute atomic E-state index is 5.13. The summed E-state index contributed by atoms with van der Waals surface area (Å²) in [4.78, 5) is 10.1. The third-order valence-electron chi connectivity index (χ3n) is 12.1. The van der Waals surface area contributed by atoms with Crippen molar-refractivity contribution >= 4 is 67.7 Å². The number of aromatic nitrogens is 2. The van der Waals surface area contributed by atoms with E-state index in [4.69, 9.17) is 9.92 Å². The summed E-state index contributed by atoms with van der Waals surface area (Å²) in [6.45, 7) is 9.14. The molecule has 5 nitrogen and oxygen atoms in total. The van der Waals surface area contributed by atoms with Gasteiger partial charge in [-0.2, -0.15) is 51.7 Å². The maximum Gasteiger partial charge on any atom is 0.145 e. The zero-order valence-electron chi connectivity index (χ0n) is 35.0. The molecule has 0 aliphatic carbocycles. The summed E-state index contributed by atoms with van der Waals surface area (Å²) >= 11 is 0. The van der Waals surface area contributed by atoms with Gasteiger partial charge in [0, 0.05) is 38.5 Å². The Hall–Kier alpha value is -6.04. The second-order valence-corrected chi connectivity index (χ2v) is 20.1. The third kappa shape index (κ3) is 6.74. The summed E-state index contributed by atoms with van der Waals surface area (Å²) in [7, 11) is -1.12. The molecule has 0 unspecified atom stereocenters. The quantitative estimate of drug-likeness (QED) is 0.0626. The number of pyridine rings is 1. The van der Waals surface area contributed by atoms with Crippen LogP contribution in [0, 0.1) is 12.1 Å². The fourth-order valence-electron chi connectivity index (χ4n) is 9.36. The van der Waals surface area contributed by atoms with Gasteiger partial charge in [0.2, 0.25) is 0 Å². The number of hydrogen-bond donors (Lipinski definition) is 0. The average Bonchev–Trinajstić information content (AvgIpc) is 3.81. The molecule has 1 aliphatic rings. The molecule has 0 bridgehead atoms. The van der Waals surface area contributed by atoms with Gasteiger partial charge in [0.15, 0.2) is 0 Å². The number of anilines is 3. The normalized spacial score (nSPS) is 12.7. The first kappa shape index (κ1) is 40.4. The first-order valence-electron chi connectivity index (χ1n) is 20.9. The predicted octanol–water partition coefficient (Wildman–Crippen LogP) is 10.5. The van der Waals surface area contributed by atoms with Crippen molar-refractivity contribution in [1.29, 1.82) is 0 Å². The largest absolute Gasteiger partial charge is 0.319 e. The van der Waals surface area contributed by atoms with Gasteiger partial charge >= 0.3 is 0 Å². The molecular weight excluding hydrogens is 944 g/mol. The van der Waals surface area contributed by atoms with Crippen molar-refractivity contribution < 1.29 is 26.0 Å². The van der Waals surface area contributed by atoms with Crippen LogP contribution in [0.2, 0.25) is 0 Å². The average molecular weight is 991 g/mol. The minimum Gasteiger partial charge on any atom is -0.319 e. The van der Waals surface area contributed by atoms with Crippen LogP contribution < -0.4 is 30.9 Å². The van der Waals surface area contributed by atoms with E-state index >= 15 is 0 Å². The number of para-hydroxylation sites is 3. The van der Waals surface area contributed by atoms with Crippen LogP contribution in [0.15, 0.2) is 176 Å². The molecule has 304 valence electrons. The molecule has 0 fully saturated rings. The molecule has 7 heteroatoms. The van der Waals surface area contributed by atoms with Crippen LogP contribution in [0.25, 0.3) is 38.8 Å². The molecule has 10 rings (SSSR count). The fraction of sp³-hybridized carbons (Fsp3) is 0.130. The molecule has 3 heterocycles. The molecule has 7 aromatic carbocycles. The molecule has 1 N–H and O–H groups in total. The number of benzene rings is 7. The SMILES string of the molecule is CC(C)c1cccc(C(C)C)c1-c1ccnc(-n2c3[c-]c([Si](c4[c-]c(N5[OH+]N(C)c6ccccc65)ccc4)(c4ccccc4)c4ccccc4)ccc3c3ccccc32)c1.[Pt]. The number of hydrogen-bond acceptors (Lipinski definition) is 3. The van der Waals surface area contributed by atoms with Crippen LogP contribution in [0.4, 0.5) is 17.1 Å². The number of fused-ring (bicyclic) bond motifs is 4. The van der Waals surface area contributed by atoms with E-state index < -0.39 is 8.07 Å². The van der Waals surface area contributed by atoms with Crippen LogP contribution in [-0.4, -0.2) is 29.6 Å². The van der Waals surface area contributed by atoms with E-state index in [-0.39, 0.29) is 21.1 Å². The summed E-state index contributed by atoms with van der Waals surface area (Å²) in [6, 6.07) is 69.6. The van der Waals surface area contributed by atoms with Gasteiger partial charge in [-0.05, 0) is 80.2 Å². The monoisotopic (exact) mass is 990 g/mol. The molecule has 2 aromatic heterocycles. The van der Waals surface area contributed by atoms with Gasteiger partial charge < -0.3 is 4.57 Å². The van der Waals surface area contributed by atoms with Crippen LogP contribution in [0.3, 0.4) is 0 Å². The first-order valence-corrected chi connectivity index (χ1v) is 22.9. The van der Waals surface area contributed by atoms with E-state index in [0.29, 0.717) is 11.8 Å². The molecule has 0 saturated carbocycles. The molecule has 0 saturated heterocycles. The van der Waals surface area contributed by atoms with E-state index in [9.17, 15) is 0 Å². The van der Waals surface area contributed by atoms with Crippen molar-refractivity contribution in [1.82, 2.24) is 9.55 Å². The van der Waals surface area contributed by atoms with E-state index in [1.54, 1.807) is 0 Å². The Morgan fingerprint density at radius 3 is 1.87 bits per heavy atom. The second-order valence-electron chi connectivity index (χ2n) is 16.4. The summed E-state index contributed by atoms with van der Waals surface area (Å²) in [5.74, 6) is 1.62. The Morgan fingerprint density at radius 2 is 1.18 bits per heavy atom. The molecule has 0 amide bonds. The first-order chi connectivity index (χ1) is 29.3. The van der Waals surface area contributed by atoms with Crippen molar-refractivity contribution in [3.8, 4) is 16.9 Å². The smallest absolute Gasteiger partial charge is 0.145 e. The zero-order valence-corrected chi connectivity index (χ0v) is 38.2. The van der Waals surface area contributed by atoms with Gasteiger partial charge in [-0.25, -0.2) is 4.98 Å². The third-order valence-corrected chi connectivity index (χ3v) is 16.7. The molecule has 61 heavy (non-hydrogen) atoms. The summed E-state index contributed by atoms with van der Waals surface area (Å²) in [5.41, 5.74) is 10.3. The predicted molar refractivity (Wildman–Crippen MR) is 252 cm³/mol. The van der Waals surface area contributed by atoms with E-state index in [0.717, 1.165) is 49.7 Å². The van der Waals surface area contributed by atoms with E-state index in [1.807, 2.05) is 23.4 Å². The zero-order chi connectivity index (χ0) is 41.0. The summed E-state index contributed by atoms with van der Waals surface area (Å²) in [5, 5.41) is 11.0. The van der Waals surface area contributed by atoms with Crippen molar-refractivity contribution in [2.24, 2.45) is 0 Å². The Balaban J connectivity index is 0.00000476. The Morgan fingerprint density at radius 1 is 0.574 bits per heavy atom. The van der Waals surface area contributed by atoms with E-state index in [2.05, 4.69) is 214 Å². The van der Waals surface area contributed by atoms with Gasteiger partial charge in [0.1, 0.15) is 25.3 Å². The van der Waals surface area contributed by atoms with Crippen LogP contribution in [-0.2, 0) is 21.1 Å². The van der Waals surface area contributed by atoms with Gasteiger partial charge in [0.05, 0.1) is 7.05 Å². The second kappa shape index (κ2) is 16.4. The molecule has 0 spiro atoms. The molecule has 1 aliphatic heterocycles. The van der Waals surface area contributed by atoms with Crippen molar-refractivity contribution in [3.63, 3.8) is 0 Å². The van der Waals surface area contributed by atoms with Gasteiger partial charge in [-0.1, -0.05) is 142 Å². The van der Waals surface area contributed by atoms with Crippen molar-refractivity contribution in [2.75, 3.05) is 17.2 Å². The minimum atomic E-state index is -3.11. The Bertz CT molecular complexity index is 2950. The number of rotatable bonds is 9. The Labute approximate surface area is 374 Å². The maximum atomic E-state index is 5.13. The van der Waals surface area contributed by atoms with Crippen LogP contribution in [0.1, 0.15) is 50.7 Å². The standard InChI is InChI=1S/C54H46N4OSi.Pt/c1-37(2)45-25-17-26-46(38(3)4)54(45)39-32-33-55-53(34-39)57-49-27-13-12-24-47(49)48-31-30-44(36-52(48)57)60(41-19-8-6-9-20-41,42-21-10-7-11-22-42)43-23-16-18-40(35-43)58-51-29-15-14-28-50(51)56(5)59-58;/h6-34,37-38H,1-5H3;/q-2;/p+1. The Kier molecular flexibility index (Phi) is 10.9. The van der Waals surface area contributed by atoms with Crippen LogP contribution >= 0.6 is 0 Å².